The van der Waals surface area contributed by atoms with Gasteiger partial charge in [-0.2, -0.15) is 0 Å². The molecule has 0 aliphatic carbocycles. The van der Waals surface area contributed by atoms with Crippen LogP contribution >= 0.6 is 23.2 Å². The number of halogens is 2. The molecule has 0 heterocycles. The van der Waals surface area contributed by atoms with Crippen molar-refractivity contribution in [3.05, 3.63) is 58.1 Å². The van der Waals surface area contributed by atoms with Gasteiger partial charge in [-0.25, -0.2) is 0 Å². The first kappa shape index (κ1) is 18.3. The van der Waals surface area contributed by atoms with E-state index < -0.39 is 0 Å². The molecule has 0 radical (unpaired) electrons. The van der Waals surface area contributed by atoms with Gasteiger partial charge in [0, 0.05) is 6.54 Å². The van der Waals surface area contributed by atoms with Crippen LogP contribution in [0.15, 0.2) is 42.5 Å². The fourth-order valence-electron chi connectivity index (χ4n) is 2.64. The minimum Gasteiger partial charge on any atom is -0.302 e. The summed E-state index contributed by atoms with van der Waals surface area (Å²) in [7, 11) is 2.19. The number of hydrogen-bond acceptors (Lipinski definition) is 1. The first-order valence-corrected chi connectivity index (χ1v) is 8.94. The van der Waals surface area contributed by atoms with Gasteiger partial charge in [0.15, 0.2) is 0 Å². The van der Waals surface area contributed by atoms with Crippen molar-refractivity contribution in [3.63, 3.8) is 0 Å². The highest BCUT2D eigenvalue weighted by Gasteiger charge is 2.04. The summed E-state index contributed by atoms with van der Waals surface area (Å²) < 4.78 is 0. The van der Waals surface area contributed by atoms with Crippen LogP contribution in [0.1, 0.15) is 32.3 Å². The van der Waals surface area contributed by atoms with Crippen molar-refractivity contribution in [2.24, 2.45) is 5.92 Å². The van der Waals surface area contributed by atoms with E-state index in [1.165, 1.54) is 18.4 Å². The molecule has 1 nitrogen and oxygen atoms in total. The van der Waals surface area contributed by atoms with E-state index in [1.807, 2.05) is 18.2 Å². The van der Waals surface area contributed by atoms with E-state index in [9.17, 15) is 0 Å². The quantitative estimate of drug-likeness (QED) is 0.549. The predicted molar refractivity (Wildman–Crippen MR) is 102 cm³/mol. The standard InChI is InChI=1S/C20H25Cl2N/c1-15(2)5-4-12-23(3)14-16-6-8-17(9-7-16)18-10-11-19(21)20(22)13-18/h6-11,13,15H,4-5,12,14H2,1-3H3. The maximum Gasteiger partial charge on any atom is 0.0598 e. The van der Waals surface area contributed by atoms with Crippen molar-refractivity contribution < 1.29 is 0 Å². The van der Waals surface area contributed by atoms with Crippen molar-refractivity contribution in [2.75, 3.05) is 13.6 Å². The monoisotopic (exact) mass is 349 g/mol. The fourth-order valence-corrected chi connectivity index (χ4v) is 2.94. The molecule has 2 aromatic rings. The first-order valence-electron chi connectivity index (χ1n) is 8.18. The Morgan fingerprint density at radius 2 is 1.57 bits per heavy atom. The van der Waals surface area contributed by atoms with Crippen LogP contribution < -0.4 is 0 Å². The maximum absolute atomic E-state index is 6.10. The average molecular weight is 350 g/mol. The molecular formula is C20H25Cl2N. The zero-order valence-corrected chi connectivity index (χ0v) is 15.7. The van der Waals surface area contributed by atoms with Crippen molar-refractivity contribution in [2.45, 2.75) is 33.2 Å². The third kappa shape index (κ3) is 5.84. The topological polar surface area (TPSA) is 3.24 Å². The minimum atomic E-state index is 0.593. The maximum atomic E-state index is 6.10. The Labute approximate surface area is 150 Å². The largest absolute Gasteiger partial charge is 0.302 e. The molecule has 2 aromatic carbocycles. The summed E-state index contributed by atoms with van der Waals surface area (Å²) >= 11 is 12.1. The molecule has 124 valence electrons. The number of rotatable bonds is 7. The molecule has 0 atom stereocenters. The summed E-state index contributed by atoms with van der Waals surface area (Å²) in [6, 6.07) is 14.4. The lowest BCUT2D eigenvalue weighted by molar-refractivity contribution is 0.310. The SMILES string of the molecule is CC(C)CCCN(C)Cc1ccc(-c2ccc(Cl)c(Cl)c2)cc1. The highest BCUT2D eigenvalue weighted by molar-refractivity contribution is 6.42. The van der Waals surface area contributed by atoms with E-state index in [1.54, 1.807) is 0 Å². The van der Waals surface area contributed by atoms with E-state index in [-0.39, 0.29) is 0 Å². The lowest BCUT2D eigenvalue weighted by Crippen LogP contribution is -2.19. The van der Waals surface area contributed by atoms with Crippen LogP contribution in [-0.2, 0) is 6.54 Å². The molecular weight excluding hydrogens is 325 g/mol. The van der Waals surface area contributed by atoms with Crippen LogP contribution in [0, 0.1) is 5.92 Å². The van der Waals surface area contributed by atoms with Gasteiger partial charge >= 0.3 is 0 Å². The summed E-state index contributed by atoms with van der Waals surface area (Å²) in [6.07, 6.45) is 2.55. The summed E-state index contributed by atoms with van der Waals surface area (Å²) in [5.74, 6) is 0.786. The highest BCUT2D eigenvalue weighted by Crippen LogP contribution is 2.28. The Morgan fingerprint density at radius 1 is 0.913 bits per heavy atom. The van der Waals surface area contributed by atoms with E-state index in [4.69, 9.17) is 23.2 Å². The Morgan fingerprint density at radius 3 is 2.17 bits per heavy atom. The van der Waals surface area contributed by atoms with E-state index >= 15 is 0 Å². The minimum absolute atomic E-state index is 0.593. The lowest BCUT2D eigenvalue weighted by Gasteiger charge is -2.17. The smallest absolute Gasteiger partial charge is 0.0598 e. The summed E-state index contributed by atoms with van der Waals surface area (Å²) in [5.41, 5.74) is 3.59. The van der Waals surface area contributed by atoms with E-state index in [2.05, 4.69) is 50.1 Å². The van der Waals surface area contributed by atoms with Crippen LogP contribution in [0.3, 0.4) is 0 Å². The second kappa shape index (κ2) is 8.73. The van der Waals surface area contributed by atoms with Gasteiger partial charge in [0.05, 0.1) is 10.0 Å². The molecule has 0 saturated carbocycles. The summed E-state index contributed by atoms with van der Waals surface area (Å²) in [4.78, 5) is 2.39. The van der Waals surface area contributed by atoms with Gasteiger partial charge in [-0.1, -0.05) is 67.4 Å². The highest BCUT2D eigenvalue weighted by atomic mass is 35.5. The van der Waals surface area contributed by atoms with Gasteiger partial charge in [0.1, 0.15) is 0 Å². The van der Waals surface area contributed by atoms with Gasteiger partial charge < -0.3 is 4.90 Å². The normalized spacial score (nSPS) is 11.4. The molecule has 0 amide bonds. The zero-order valence-electron chi connectivity index (χ0n) is 14.2. The van der Waals surface area contributed by atoms with Crippen LogP contribution in [0.25, 0.3) is 11.1 Å². The van der Waals surface area contributed by atoms with Crippen LogP contribution in [0.2, 0.25) is 10.0 Å². The number of benzene rings is 2. The second-order valence-electron chi connectivity index (χ2n) is 6.60. The molecule has 0 aliphatic rings. The molecule has 0 spiro atoms. The Bertz CT molecular complexity index is 620. The summed E-state index contributed by atoms with van der Waals surface area (Å²) in [5, 5.41) is 1.19. The molecule has 0 aromatic heterocycles. The molecule has 3 heteroatoms. The number of hydrogen-bond donors (Lipinski definition) is 0. The van der Waals surface area contributed by atoms with Gasteiger partial charge in [-0.15, -0.1) is 0 Å². The third-order valence-electron chi connectivity index (χ3n) is 3.98. The van der Waals surface area contributed by atoms with Crippen LogP contribution in [0.5, 0.6) is 0 Å². The van der Waals surface area contributed by atoms with E-state index in [0.29, 0.717) is 10.0 Å². The Balaban J connectivity index is 1.95. The van der Waals surface area contributed by atoms with Gasteiger partial charge in [-0.05, 0) is 61.2 Å². The Kier molecular flexibility index (Phi) is 6.95. The van der Waals surface area contributed by atoms with Gasteiger partial charge in [0.25, 0.3) is 0 Å². The van der Waals surface area contributed by atoms with E-state index in [0.717, 1.165) is 30.1 Å². The lowest BCUT2D eigenvalue weighted by atomic mass is 10.0. The van der Waals surface area contributed by atoms with Crippen LogP contribution in [-0.4, -0.2) is 18.5 Å². The molecule has 0 unspecified atom stereocenters. The zero-order chi connectivity index (χ0) is 16.8. The molecule has 0 fully saturated rings. The van der Waals surface area contributed by atoms with Gasteiger partial charge in [0.2, 0.25) is 0 Å². The van der Waals surface area contributed by atoms with Crippen LogP contribution in [0.4, 0.5) is 0 Å². The molecule has 0 bridgehead atoms. The Hall–Kier alpha value is -1.02. The first-order chi connectivity index (χ1) is 11.0. The van der Waals surface area contributed by atoms with Crippen molar-refractivity contribution in [1.82, 2.24) is 4.90 Å². The van der Waals surface area contributed by atoms with Crippen molar-refractivity contribution in [1.29, 1.82) is 0 Å². The predicted octanol–water partition coefficient (Wildman–Crippen LogP) is 6.53. The van der Waals surface area contributed by atoms with Crippen molar-refractivity contribution in [3.8, 4) is 11.1 Å². The van der Waals surface area contributed by atoms with Gasteiger partial charge in [-0.3, -0.25) is 0 Å². The molecule has 0 N–H and O–H groups in total. The fraction of sp³-hybridized carbons (Fsp3) is 0.400. The average Bonchev–Trinajstić information content (AvgIpc) is 2.50. The molecule has 0 saturated heterocycles. The molecule has 23 heavy (non-hydrogen) atoms. The molecule has 0 aliphatic heterocycles. The third-order valence-corrected chi connectivity index (χ3v) is 4.72. The summed E-state index contributed by atoms with van der Waals surface area (Å²) in [6.45, 7) is 6.69. The second-order valence-corrected chi connectivity index (χ2v) is 7.41. The van der Waals surface area contributed by atoms with Crippen molar-refractivity contribution >= 4 is 23.2 Å². The number of nitrogens with zero attached hydrogens (tertiary/aromatic N) is 1. The molecule has 2 rings (SSSR count).